The van der Waals surface area contributed by atoms with Crippen molar-refractivity contribution in [1.29, 1.82) is 0 Å². The molecule has 5 heteroatoms. The second-order valence-electron chi connectivity index (χ2n) is 1.87. The van der Waals surface area contributed by atoms with Gasteiger partial charge < -0.3 is 9.52 Å². The second kappa shape index (κ2) is 3.18. The van der Waals surface area contributed by atoms with Crippen molar-refractivity contribution in [3.63, 3.8) is 0 Å². The standard InChI is InChI=1S/C6H7NO4/c8-3-4-1-2-5(11-4)6(9)7-10/h1-2,8,10H,3H2,(H,7,9). The third-order valence-electron chi connectivity index (χ3n) is 1.14. The predicted octanol–water partition coefficient (Wildman–Crippen LogP) is -0.109. The van der Waals surface area contributed by atoms with Crippen molar-refractivity contribution in [2.24, 2.45) is 0 Å². The Morgan fingerprint density at radius 1 is 1.64 bits per heavy atom. The molecule has 1 rings (SSSR count). The Bertz CT molecular complexity index is 255. The summed E-state index contributed by atoms with van der Waals surface area (Å²) in [7, 11) is 0. The molecule has 1 aromatic heterocycles. The molecule has 0 spiro atoms. The number of amides is 1. The van der Waals surface area contributed by atoms with E-state index in [1.54, 1.807) is 0 Å². The fourth-order valence-corrected chi connectivity index (χ4v) is 0.640. The van der Waals surface area contributed by atoms with E-state index in [2.05, 4.69) is 0 Å². The van der Waals surface area contributed by atoms with Crippen LogP contribution in [-0.4, -0.2) is 16.2 Å². The van der Waals surface area contributed by atoms with Gasteiger partial charge in [0.1, 0.15) is 12.4 Å². The van der Waals surface area contributed by atoms with Crippen molar-refractivity contribution in [2.45, 2.75) is 6.61 Å². The Balaban J connectivity index is 2.80. The molecule has 0 unspecified atom stereocenters. The first-order chi connectivity index (χ1) is 5.27. The second-order valence-corrected chi connectivity index (χ2v) is 1.87. The van der Waals surface area contributed by atoms with E-state index >= 15 is 0 Å². The SMILES string of the molecule is O=C(NO)c1ccc(CO)o1. The van der Waals surface area contributed by atoms with Crippen molar-refractivity contribution >= 4 is 5.91 Å². The lowest BCUT2D eigenvalue weighted by molar-refractivity contribution is 0.0672. The van der Waals surface area contributed by atoms with Crippen LogP contribution in [0.1, 0.15) is 16.3 Å². The van der Waals surface area contributed by atoms with Crippen LogP contribution in [0.15, 0.2) is 16.5 Å². The highest BCUT2D eigenvalue weighted by Gasteiger charge is 2.08. The van der Waals surface area contributed by atoms with Crippen molar-refractivity contribution in [3.05, 3.63) is 23.7 Å². The quantitative estimate of drug-likeness (QED) is 0.413. The fourth-order valence-electron chi connectivity index (χ4n) is 0.640. The third kappa shape index (κ3) is 1.57. The summed E-state index contributed by atoms with van der Waals surface area (Å²) in [5.41, 5.74) is 1.40. The lowest BCUT2D eigenvalue weighted by Gasteiger charge is -1.91. The molecule has 0 aliphatic heterocycles. The van der Waals surface area contributed by atoms with E-state index < -0.39 is 5.91 Å². The monoisotopic (exact) mass is 157 g/mol. The molecule has 1 aromatic rings. The molecule has 0 aliphatic carbocycles. The Hall–Kier alpha value is -1.33. The third-order valence-corrected chi connectivity index (χ3v) is 1.14. The summed E-state index contributed by atoms with van der Waals surface area (Å²) in [6, 6.07) is 2.81. The summed E-state index contributed by atoms with van der Waals surface area (Å²) in [5.74, 6) is -0.482. The van der Waals surface area contributed by atoms with Crippen LogP contribution >= 0.6 is 0 Å². The summed E-state index contributed by atoms with van der Waals surface area (Å²) >= 11 is 0. The van der Waals surface area contributed by atoms with Crippen LogP contribution in [0.4, 0.5) is 0 Å². The molecule has 1 heterocycles. The highest BCUT2D eigenvalue weighted by atomic mass is 16.5. The van der Waals surface area contributed by atoms with Crippen LogP contribution in [0.2, 0.25) is 0 Å². The first-order valence-electron chi connectivity index (χ1n) is 2.92. The highest BCUT2D eigenvalue weighted by Crippen LogP contribution is 2.06. The number of carbonyl (C=O) groups is 1. The van der Waals surface area contributed by atoms with E-state index in [-0.39, 0.29) is 18.1 Å². The maximum atomic E-state index is 10.6. The zero-order valence-corrected chi connectivity index (χ0v) is 5.57. The maximum Gasteiger partial charge on any atom is 0.310 e. The van der Waals surface area contributed by atoms with E-state index in [0.29, 0.717) is 0 Å². The van der Waals surface area contributed by atoms with Crippen LogP contribution in [0.5, 0.6) is 0 Å². The largest absolute Gasteiger partial charge is 0.453 e. The maximum absolute atomic E-state index is 10.6. The number of carbonyl (C=O) groups excluding carboxylic acids is 1. The minimum atomic E-state index is -0.732. The van der Waals surface area contributed by atoms with Crippen LogP contribution in [0.25, 0.3) is 0 Å². The average molecular weight is 157 g/mol. The number of aliphatic hydroxyl groups excluding tert-OH is 1. The minimum absolute atomic E-state index is 0.0310. The summed E-state index contributed by atoms with van der Waals surface area (Å²) in [6.45, 7) is -0.265. The van der Waals surface area contributed by atoms with Gasteiger partial charge in [-0.05, 0) is 12.1 Å². The topological polar surface area (TPSA) is 82.7 Å². The molecule has 60 valence electrons. The van der Waals surface area contributed by atoms with E-state index in [1.807, 2.05) is 0 Å². The van der Waals surface area contributed by atoms with Crippen LogP contribution in [-0.2, 0) is 6.61 Å². The van der Waals surface area contributed by atoms with Gasteiger partial charge in [0.15, 0.2) is 5.76 Å². The van der Waals surface area contributed by atoms with Gasteiger partial charge in [0.2, 0.25) is 0 Å². The number of hydrogen-bond acceptors (Lipinski definition) is 4. The van der Waals surface area contributed by atoms with Gasteiger partial charge in [0.05, 0.1) is 0 Å². The fraction of sp³-hybridized carbons (Fsp3) is 0.167. The summed E-state index contributed by atoms with van der Waals surface area (Å²) < 4.78 is 4.76. The summed E-state index contributed by atoms with van der Waals surface area (Å²) in [4.78, 5) is 10.6. The van der Waals surface area contributed by atoms with Gasteiger partial charge in [-0.1, -0.05) is 0 Å². The molecule has 0 radical (unpaired) electrons. The molecule has 5 nitrogen and oxygen atoms in total. The van der Waals surface area contributed by atoms with Crippen LogP contribution in [0.3, 0.4) is 0 Å². The predicted molar refractivity (Wildman–Crippen MR) is 33.9 cm³/mol. The normalized spacial score (nSPS) is 9.64. The van der Waals surface area contributed by atoms with Crippen molar-refractivity contribution < 1.29 is 19.5 Å². The number of furan rings is 1. The van der Waals surface area contributed by atoms with Crippen molar-refractivity contribution in [3.8, 4) is 0 Å². The van der Waals surface area contributed by atoms with E-state index in [0.717, 1.165) is 0 Å². The molecule has 11 heavy (non-hydrogen) atoms. The van der Waals surface area contributed by atoms with E-state index in [9.17, 15) is 4.79 Å². The molecule has 1 amide bonds. The molecule has 0 aromatic carbocycles. The number of rotatable bonds is 2. The number of hydroxylamine groups is 1. The molecule has 0 bridgehead atoms. The number of aliphatic hydroxyl groups is 1. The summed E-state index contributed by atoms with van der Waals surface area (Å²) in [5, 5.41) is 16.7. The van der Waals surface area contributed by atoms with Gasteiger partial charge >= 0.3 is 5.91 Å². The van der Waals surface area contributed by atoms with Crippen molar-refractivity contribution in [1.82, 2.24) is 5.48 Å². The molecule has 0 saturated heterocycles. The molecular formula is C6H7NO4. The first kappa shape index (κ1) is 7.77. The Labute approximate surface area is 62.2 Å². The molecule has 0 atom stereocenters. The zero-order valence-electron chi connectivity index (χ0n) is 5.57. The van der Waals surface area contributed by atoms with Gasteiger partial charge in [-0.25, -0.2) is 5.48 Å². The van der Waals surface area contributed by atoms with Gasteiger partial charge in [0, 0.05) is 0 Å². The first-order valence-corrected chi connectivity index (χ1v) is 2.92. The van der Waals surface area contributed by atoms with Crippen LogP contribution in [0, 0.1) is 0 Å². The molecular weight excluding hydrogens is 150 g/mol. The van der Waals surface area contributed by atoms with Crippen molar-refractivity contribution in [2.75, 3.05) is 0 Å². The van der Waals surface area contributed by atoms with Gasteiger partial charge in [0.25, 0.3) is 0 Å². The minimum Gasteiger partial charge on any atom is -0.453 e. The van der Waals surface area contributed by atoms with E-state index in [4.69, 9.17) is 14.7 Å². The van der Waals surface area contributed by atoms with Gasteiger partial charge in [-0.15, -0.1) is 0 Å². The van der Waals surface area contributed by atoms with E-state index in [1.165, 1.54) is 17.6 Å². The molecule has 0 saturated carbocycles. The van der Waals surface area contributed by atoms with Gasteiger partial charge in [-0.3, -0.25) is 10.0 Å². The molecule has 0 aliphatic rings. The zero-order chi connectivity index (χ0) is 8.27. The lowest BCUT2D eigenvalue weighted by atomic mass is 10.4. The Kier molecular flexibility index (Phi) is 2.25. The molecule has 0 fully saturated rings. The average Bonchev–Trinajstić information content (AvgIpc) is 2.50. The lowest BCUT2D eigenvalue weighted by Crippen LogP contribution is -2.17. The Morgan fingerprint density at radius 2 is 2.36 bits per heavy atom. The van der Waals surface area contributed by atoms with Crippen LogP contribution < -0.4 is 5.48 Å². The summed E-state index contributed by atoms with van der Waals surface area (Å²) in [6.07, 6.45) is 0. The number of hydrogen-bond donors (Lipinski definition) is 3. The highest BCUT2D eigenvalue weighted by molar-refractivity contribution is 5.90. The Morgan fingerprint density at radius 3 is 2.82 bits per heavy atom. The number of nitrogens with one attached hydrogen (secondary N) is 1. The smallest absolute Gasteiger partial charge is 0.310 e. The van der Waals surface area contributed by atoms with Gasteiger partial charge in [-0.2, -0.15) is 0 Å². The molecule has 3 N–H and O–H groups in total.